The molecule has 0 radical (unpaired) electrons. The Morgan fingerprint density at radius 1 is 1.43 bits per heavy atom. The first-order valence-corrected chi connectivity index (χ1v) is 5.29. The third-order valence-corrected chi connectivity index (χ3v) is 2.73. The van der Waals surface area contributed by atoms with E-state index in [1.165, 1.54) is 10.6 Å². The molecule has 2 heterocycles. The highest BCUT2D eigenvalue weighted by molar-refractivity contribution is 7.09. The Bertz CT molecular complexity index is 379. The van der Waals surface area contributed by atoms with Crippen LogP contribution in [0.4, 0.5) is 0 Å². The van der Waals surface area contributed by atoms with E-state index in [1.54, 1.807) is 11.3 Å². The standard InChI is InChI=1S/C9H12N4S/c1-10-2-8-3-11-6-13(8)5-9-4-12-7-14-9/h3-4,6-7,10H,2,5H2,1H3. The van der Waals surface area contributed by atoms with Crippen LogP contribution in [0.3, 0.4) is 0 Å². The summed E-state index contributed by atoms with van der Waals surface area (Å²) in [6.07, 6.45) is 5.64. The fourth-order valence-electron chi connectivity index (χ4n) is 1.31. The van der Waals surface area contributed by atoms with Gasteiger partial charge in [0.15, 0.2) is 0 Å². The lowest BCUT2D eigenvalue weighted by Crippen LogP contribution is -2.10. The number of hydrogen-bond acceptors (Lipinski definition) is 4. The van der Waals surface area contributed by atoms with Gasteiger partial charge in [-0.15, -0.1) is 11.3 Å². The predicted molar refractivity (Wildman–Crippen MR) is 56.2 cm³/mol. The molecular weight excluding hydrogens is 196 g/mol. The van der Waals surface area contributed by atoms with Crippen LogP contribution in [0, 0.1) is 0 Å². The molecule has 0 saturated carbocycles. The van der Waals surface area contributed by atoms with Gasteiger partial charge in [-0.25, -0.2) is 4.98 Å². The van der Waals surface area contributed by atoms with Crippen LogP contribution in [-0.4, -0.2) is 21.6 Å². The van der Waals surface area contributed by atoms with Crippen molar-refractivity contribution < 1.29 is 0 Å². The Hall–Kier alpha value is -1.20. The molecule has 74 valence electrons. The van der Waals surface area contributed by atoms with Crippen molar-refractivity contribution in [3.63, 3.8) is 0 Å². The molecule has 14 heavy (non-hydrogen) atoms. The number of hydrogen-bond donors (Lipinski definition) is 1. The summed E-state index contributed by atoms with van der Waals surface area (Å²) in [5, 5.41) is 3.12. The number of imidazole rings is 1. The smallest absolute Gasteiger partial charge is 0.0952 e. The van der Waals surface area contributed by atoms with Gasteiger partial charge < -0.3 is 9.88 Å². The van der Waals surface area contributed by atoms with Crippen molar-refractivity contribution in [3.8, 4) is 0 Å². The SMILES string of the molecule is CNCc1cncn1Cc1cncs1. The molecule has 0 aliphatic carbocycles. The Labute approximate surface area is 86.6 Å². The van der Waals surface area contributed by atoms with Gasteiger partial charge in [0.1, 0.15) is 0 Å². The van der Waals surface area contributed by atoms with Gasteiger partial charge in [-0.1, -0.05) is 0 Å². The highest BCUT2D eigenvalue weighted by atomic mass is 32.1. The average Bonchev–Trinajstić information content (AvgIpc) is 2.80. The molecule has 0 aliphatic rings. The summed E-state index contributed by atoms with van der Waals surface area (Å²) in [6, 6.07) is 0. The molecular formula is C9H12N4S. The average molecular weight is 208 g/mol. The number of nitrogens with zero attached hydrogens (tertiary/aromatic N) is 3. The van der Waals surface area contributed by atoms with E-state index in [9.17, 15) is 0 Å². The highest BCUT2D eigenvalue weighted by Gasteiger charge is 2.02. The normalized spacial score (nSPS) is 10.6. The summed E-state index contributed by atoms with van der Waals surface area (Å²) in [4.78, 5) is 9.43. The van der Waals surface area contributed by atoms with E-state index in [-0.39, 0.29) is 0 Å². The molecule has 0 atom stereocenters. The minimum absolute atomic E-state index is 0.846. The van der Waals surface area contributed by atoms with E-state index >= 15 is 0 Å². The van der Waals surface area contributed by atoms with Crippen molar-refractivity contribution in [2.45, 2.75) is 13.1 Å². The number of nitrogens with one attached hydrogen (secondary N) is 1. The van der Waals surface area contributed by atoms with Gasteiger partial charge in [0.2, 0.25) is 0 Å². The molecule has 0 unspecified atom stereocenters. The van der Waals surface area contributed by atoms with Crippen LogP contribution in [0.15, 0.2) is 24.2 Å². The lowest BCUT2D eigenvalue weighted by molar-refractivity contribution is 0.697. The molecule has 2 rings (SSSR count). The van der Waals surface area contributed by atoms with Gasteiger partial charge in [-0.3, -0.25) is 4.98 Å². The summed E-state index contributed by atoms with van der Waals surface area (Å²) in [7, 11) is 1.93. The van der Waals surface area contributed by atoms with Gasteiger partial charge in [0.25, 0.3) is 0 Å². The van der Waals surface area contributed by atoms with E-state index in [1.807, 2.05) is 31.3 Å². The molecule has 2 aromatic rings. The Morgan fingerprint density at radius 2 is 2.36 bits per heavy atom. The summed E-state index contributed by atoms with van der Waals surface area (Å²) in [5.41, 5.74) is 3.05. The van der Waals surface area contributed by atoms with Crippen LogP contribution >= 0.6 is 11.3 Å². The monoisotopic (exact) mass is 208 g/mol. The summed E-state index contributed by atoms with van der Waals surface area (Å²) >= 11 is 1.67. The maximum atomic E-state index is 4.13. The molecule has 4 nitrogen and oxygen atoms in total. The summed E-state index contributed by atoms with van der Waals surface area (Å²) in [6.45, 7) is 1.71. The zero-order valence-electron chi connectivity index (χ0n) is 7.97. The Balaban J connectivity index is 2.12. The van der Waals surface area contributed by atoms with Gasteiger partial charge in [-0.05, 0) is 7.05 Å². The van der Waals surface area contributed by atoms with Crippen molar-refractivity contribution in [1.29, 1.82) is 0 Å². The highest BCUT2D eigenvalue weighted by Crippen LogP contribution is 2.09. The molecule has 0 amide bonds. The first kappa shape index (κ1) is 9.36. The number of rotatable bonds is 4. The zero-order valence-corrected chi connectivity index (χ0v) is 8.79. The second-order valence-corrected chi connectivity index (χ2v) is 3.98. The summed E-state index contributed by atoms with van der Waals surface area (Å²) in [5.74, 6) is 0. The first-order chi connectivity index (χ1) is 6.90. The van der Waals surface area contributed by atoms with E-state index in [0.717, 1.165) is 13.1 Å². The minimum Gasteiger partial charge on any atom is -0.328 e. The van der Waals surface area contributed by atoms with Gasteiger partial charge >= 0.3 is 0 Å². The minimum atomic E-state index is 0.846. The van der Waals surface area contributed by atoms with E-state index < -0.39 is 0 Å². The molecule has 0 aliphatic heterocycles. The second-order valence-electron chi connectivity index (χ2n) is 3.01. The van der Waals surface area contributed by atoms with Crippen LogP contribution in [-0.2, 0) is 13.1 Å². The number of aromatic nitrogens is 3. The lowest BCUT2D eigenvalue weighted by Gasteiger charge is -2.05. The Morgan fingerprint density at radius 3 is 3.07 bits per heavy atom. The van der Waals surface area contributed by atoms with Crippen LogP contribution < -0.4 is 5.32 Å². The second kappa shape index (κ2) is 4.34. The number of thiazole rings is 1. The fraction of sp³-hybridized carbons (Fsp3) is 0.333. The fourth-order valence-corrected chi connectivity index (χ4v) is 1.90. The maximum Gasteiger partial charge on any atom is 0.0952 e. The van der Waals surface area contributed by atoms with Crippen molar-refractivity contribution in [1.82, 2.24) is 19.9 Å². The molecule has 0 spiro atoms. The molecule has 0 bridgehead atoms. The van der Waals surface area contributed by atoms with Gasteiger partial charge in [-0.2, -0.15) is 0 Å². The van der Waals surface area contributed by atoms with Crippen molar-refractivity contribution in [2.24, 2.45) is 0 Å². The largest absolute Gasteiger partial charge is 0.328 e. The topological polar surface area (TPSA) is 42.7 Å². The molecule has 0 aromatic carbocycles. The summed E-state index contributed by atoms with van der Waals surface area (Å²) < 4.78 is 2.13. The molecule has 0 saturated heterocycles. The van der Waals surface area contributed by atoms with E-state index in [0.29, 0.717) is 0 Å². The molecule has 5 heteroatoms. The lowest BCUT2D eigenvalue weighted by atomic mass is 10.4. The molecule has 1 N–H and O–H groups in total. The Kier molecular flexibility index (Phi) is 2.90. The molecule has 2 aromatic heterocycles. The van der Waals surface area contributed by atoms with Crippen LogP contribution in [0.25, 0.3) is 0 Å². The van der Waals surface area contributed by atoms with E-state index in [4.69, 9.17) is 0 Å². The van der Waals surface area contributed by atoms with Crippen LogP contribution in [0.2, 0.25) is 0 Å². The first-order valence-electron chi connectivity index (χ1n) is 4.41. The van der Waals surface area contributed by atoms with E-state index in [2.05, 4.69) is 19.9 Å². The van der Waals surface area contributed by atoms with Crippen molar-refractivity contribution in [2.75, 3.05) is 7.05 Å². The van der Waals surface area contributed by atoms with Gasteiger partial charge in [0.05, 0.1) is 24.1 Å². The third-order valence-electron chi connectivity index (χ3n) is 1.97. The van der Waals surface area contributed by atoms with Gasteiger partial charge in [0, 0.05) is 23.8 Å². The third kappa shape index (κ3) is 2.00. The molecule has 0 fully saturated rings. The van der Waals surface area contributed by atoms with Crippen molar-refractivity contribution in [3.05, 3.63) is 34.8 Å². The van der Waals surface area contributed by atoms with Crippen LogP contribution in [0.5, 0.6) is 0 Å². The maximum absolute atomic E-state index is 4.13. The zero-order chi connectivity index (χ0) is 9.80. The predicted octanol–water partition coefficient (Wildman–Crippen LogP) is 1.11. The van der Waals surface area contributed by atoms with Crippen LogP contribution in [0.1, 0.15) is 10.6 Å². The quantitative estimate of drug-likeness (QED) is 0.818. The van der Waals surface area contributed by atoms with Crippen molar-refractivity contribution >= 4 is 11.3 Å².